The van der Waals surface area contributed by atoms with Crippen molar-refractivity contribution in [2.24, 2.45) is 0 Å². The van der Waals surface area contributed by atoms with E-state index in [9.17, 15) is 4.79 Å². The molecule has 3 aromatic rings. The van der Waals surface area contributed by atoms with E-state index in [1.54, 1.807) is 24.3 Å². The quantitative estimate of drug-likeness (QED) is 0.413. The van der Waals surface area contributed by atoms with Gasteiger partial charge in [-0.1, -0.05) is 37.0 Å². The van der Waals surface area contributed by atoms with E-state index in [0.29, 0.717) is 28.1 Å². The molecule has 1 radical (unpaired) electrons. The lowest BCUT2D eigenvalue weighted by atomic mass is 9.96. The van der Waals surface area contributed by atoms with E-state index in [2.05, 4.69) is 30.2 Å². The van der Waals surface area contributed by atoms with Crippen molar-refractivity contribution >= 4 is 11.7 Å². The highest BCUT2D eigenvalue weighted by atomic mass is 16.5. The molecule has 0 saturated heterocycles. The molecule has 0 spiro atoms. The number of hydrogen-bond acceptors (Lipinski definition) is 5. The van der Waals surface area contributed by atoms with E-state index in [0.717, 1.165) is 17.5 Å². The Hall–Kier alpha value is -4.22. The molecule has 5 nitrogen and oxygen atoms in total. The maximum Gasteiger partial charge on any atom is 0.333 e. The summed E-state index contributed by atoms with van der Waals surface area (Å²) in [6, 6.07) is 21.7. The number of anilines is 1. The molecule has 0 aliphatic rings. The summed E-state index contributed by atoms with van der Waals surface area (Å²) >= 11 is 0. The summed E-state index contributed by atoms with van der Waals surface area (Å²) in [5, 5.41) is 12.3. The number of benzene rings is 3. The fourth-order valence-electron chi connectivity index (χ4n) is 3.34. The van der Waals surface area contributed by atoms with E-state index in [1.165, 1.54) is 7.11 Å². The van der Waals surface area contributed by atoms with Gasteiger partial charge in [-0.2, -0.15) is 5.26 Å². The van der Waals surface area contributed by atoms with Crippen LogP contribution in [0.5, 0.6) is 5.75 Å². The van der Waals surface area contributed by atoms with Crippen LogP contribution in [0.25, 0.3) is 0 Å². The van der Waals surface area contributed by atoms with Gasteiger partial charge in [0, 0.05) is 16.8 Å². The lowest BCUT2D eigenvalue weighted by molar-refractivity contribution is -0.141. The number of rotatable bonds is 7. The Labute approximate surface area is 195 Å². The van der Waals surface area contributed by atoms with Crippen LogP contribution in [0.1, 0.15) is 40.8 Å². The molecule has 0 aliphatic carbocycles. The molecule has 5 heteroatoms. The molecule has 0 aliphatic heterocycles. The van der Waals surface area contributed by atoms with Crippen molar-refractivity contribution in [3.63, 3.8) is 0 Å². The first-order valence-electron chi connectivity index (χ1n) is 10.6. The topological polar surface area (TPSA) is 71.3 Å². The Kier molecular flexibility index (Phi) is 8.11. The van der Waals surface area contributed by atoms with Gasteiger partial charge in [0.1, 0.15) is 5.75 Å². The van der Waals surface area contributed by atoms with Gasteiger partial charge in [-0.05, 0) is 67.4 Å². The van der Waals surface area contributed by atoms with Gasteiger partial charge < -0.3 is 14.8 Å². The second-order valence-electron chi connectivity index (χ2n) is 7.17. The third-order valence-electron chi connectivity index (χ3n) is 5.02. The van der Waals surface area contributed by atoms with Gasteiger partial charge in [0.05, 0.1) is 30.9 Å². The maximum atomic E-state index is 12.8. The van der Waals surface area contributed by atoms with E-state index in [4.69, 9.17) is 14.7 Å². The highest BCUT2D eigenvalue weighted by molar-refractivity contribution is 5.83. The van der Waals surface area contributed by atoms with Gasteiger partial charge in [-0.3, -0.25) is 0 Å². The molecule has 0 saturated carbocycles. The Morgan fingerprint density at radius 2 is 1.79 bits per heavy atom. The van der Waals surface area contributed by atoms with Crippen LogP contribution in [0, 0.1) is 30.1 Å². The van der Waals surface area contributed by atoms with Crippen molar-refractivity contribution in [3.05, 3.63) is 101 Å². The molecule has 0 bridgehead atoms. The summed E-state index contributed by atoms with van der Waals surface area (Å²) in [5.74, 6) is 6.39. The molecular formula is C28H25N2O3. The molecule has 0 heterocycles. The van der Waals surface area contributed by atoms with Crippen LogP contribution in [-0.4, -0.2) is 19.7 Å². The smallest absolute Gasteiger partial charge is 0.333 e. The maximum absolute atomic E-state index is 12.8. The first kappa shape index (κ1) is 23.4. The van der Waals surface area contributed by atoms with E-state index < -0.39 is 12.0 Å². The fraction of sp³-hybridized carbons (Fsp3) is 0.179. The Morgan fingerprint density at radius 3 is 2.39 bits per heavy atom. The van der Waals surface area contributed by atoms with Gasteiger partial charge in [0.15, 0.2) is 6.04 Å². The Morgan fingerprint density at radius 1 is 1.06 bits per heavy atom. The molecule has 3 aromatic carbocycles. The zero-order valence-corrected chi connectivity index (χ0v) is 18.7. The van der Waals surface area contributed by atoms with Crippen LogP contribution in [0.4, 0.5) is 5.69 Å². The standard InChI is InChI=1S/C28H25N2O3/c1-4-20-17-23(14-11-21-9-7-6-8-10-21)27(33-5-2)25(18-20)26(28(31)32-3)30-24-15-12-22(19-29)13-16-24/h6-10,12-13,15-18,26,30H,2,4-5H2,1,3H3. The van der Waals surface area contributed by atoms with E-state index in [1.807, 2.05) is 49.4 Å². The largest absolute Gasteiger partial charge is 0.492 e. The zero-order valence-electron chi connectivity index (χ0n) is 18.7. The fourth-order valence-corrected chi connectivity index (χ4v) is 3.34. The number of carbonyl (C=O) groups is 1. The molecule has 3 rings (SSSR count). The SMILES string of the molecule is [CH2]COc1c(C#Cc2ccccc2)cc(CC)cc1C(Nc1ccc(C#N)cc1)C(=O)OC. The van der Waals surface area contributed by atoms with Crippen molar-refractivity contribution in [3.8, 4) is 23.7 Å². The minimum absolute atomic E-state index is 0.170. The van der Waals surface area contributed by atoms with Crippen LogP contribution >= 0.6 is 0 Å². The number of nitriles is 1. The lowest BCUT2D eigenvalue weighted by Gasteiger charge is -2.22. The third kappa shape index (κ3) is 5.93. The van der Waals surface area contributed by atoms with Crippen LogP contribution in [0.2, 0.25) is 0 Å². The molecule has 0 aromatic heterocycles. The molecule has 1 atom stereocenters. The van der Waals surface area contributed by atoms with Crippen molar-refractivity contribution in [2.75, 3.05) is 19.0 Å². The molecular weight excluding hydrogens is 412 g/mol. The summed E-state index contributed by atoms with van der Waals surface area (Å²) in [5.41, 5.74) is 4.38. The number of hydrogen-bond donors (Lipinski definition) is 1. The summed E-state index contributed by atoms with van der Waals surface area (Å²) in [6.07, 6.45) is 0.752. The average Bonchev–Trinajstić information content (AvgIpc) is 2.87. The van der Waals surface area contributed by atoms with Crippen molar-refractivity contribution < 1.29 is 14.3 Å². The molecule has 165 valence electrons. The number of carbonyl (C=O) groups excluding carboxylic acids is 1. The Balaban J connectivity index is 2.12. The second kappa shape index (κ2) is 11.4. The first-order chi connectivity index (χ1) is 16.1. The zero-order chi connectivity index (χ0) is 23.6. The minimum Gasteiger partial charge on any atom is -0.492 e. The summed E-state index contributed by atoms with van der Waals surface area (Å²) in [6.45, 7) is 6.02. The third-order valence-corrected chi connectivity index (χ3v) is 5.02. The summed E-state index contributed by atoms with van der Waals surface area (Å²) in [7, 11) is 1.34. The van der Waals surface area contributed by atoms with Crippen LogP contribution in [-0.2, 0) is 16.0 Å². The Bertz CT molecular complexity index is 1200. The monoisotopic (exact) mass is 437 g/mol. The van der Waals surface area contributed by atoms with Crippen molar-refractivity contribution in [2.45, 2.75) is 19.4 Å². The number of esters is 1. The predicted molar refractivity (Wildman–Crippen MR) is 129 cm³/mol. The van der Waals surface area contributed by atoms with Crippen LogP contribution < -0.4 is 10.1 Å². The molecule has 33 heavy (non-hydrogen) atoms. The van der Waals surface area contributed by atoms with Crippen molar-refractivity contribution in [1.29, 1.82) is 5.26 Å². The van der Waals surface area contributed by atoms with Crippen molar-refractivity contribution in [1.82, 2.24) is 0 Å². The highest BCUT2D eigenvalue weighted by Gasteiger charge is 2.27. The van der Waals surface area contributed by atoms with Crippen LogP contribution in [0.3, 0.4) is 0 Å². The molecule has 0 fully saturated rings. The molecule has 1 unspecified atom stereocenters. The first-order valence-corrected chi connectivity index (χ1v) is 10.6. The number of methoxy groups -OCH3 is 1. The van der Waals surface area contributed by atoms with Gasteiger partial charge in [0.25, 0.3) is 0 Å². The normalized spacial score (nSPS) is 10.8. The highest BCUT2D eigenvalue weighted by Crippen LogP contribution is 2.34. The number of aryl methyl sites for hydroxylation is 1. The molecule has 0 amide bonds. The number of nitrogens with zero attached hydrogens (tertiary/aromatic N) is 1. The van der Waals surface area contributed by atoms with Gasteiger partial charge in [0.2, 0.25) is 0 Å². The average molecular weight is 438 g/mol. The second-order valence-corrected chi connectivity index (χ2v) is 7.17. The molecule has 1 N–H and O–H groups in total. The number of ether oxygens (including phenoxy) is 2. The number of nitrogens with one attached hydrogen (secondary N) is 1. The van der Waals surface area contributed by atoms with Crippen LogP contribution in [0.15, 0.2) is 66.7 Å². The summed E-state index contributed by atoms with van der Waals surface area (Å²) < 4.78 is 11.0. The van der Waals surface area contributed by atoms with E-state index >= 15 is 0 Å². The van der Waals surface area contributed by atoms with Gasteiger partial charge in [-0.25, -0.2) is 4.79 Å². The van der Waals surface area contributed by atoms with Gasteiger partial charge >= 0.3 is 5.97 Å². The lowest BCUT2D eigenvalue weighted by Crippen LogP contribution is -2.23. The minimum atomic E-state index is -0.840. The van der Waals surface area contributed by atoms with Gasteiger partial charge in [-0.15, -0.1) is 0 Å². The predicted octanol–water partition coefficient (Wildman–Crippen LogP) is 5.06. The van der Waals surface area contributed by atoms with E-state index in [-0.39, 0.29) is 6.61 Å². The summed E-state index contributed by atoms with van der Waals surface area (Å²) in [4.78, 5) is 12.8.